The largest absolute Gasteiger partial charge is 0.378 e. The van der Waals surface area contributed by atoms with Crippen molar-refractivity contribution in [3.63, 3.8) is 0 Å². The molecule has 0 aliphatic rings. The number of hydrogen-bond acceptors (Lipinski definition) is 2. The van der Waals surface area contributed by atoms with Crippen LogP contribution in [0.1, 0.15) is 23.1 Å². The van der Waals surface area contributed by atoms with E-state index in [4.69, 9.17) is 16.7 Å². The topological polar surface area (TPSA) is 32.3 Å². The third kappa shape index (κ3) is 4.87. The number of aryl methyl sites for hydroxylation is 3. The molecule has 0 spiro atoms. The summed E-state index contributed by atoms with van der Waals surface area (Å²) >= 11 is 7.90. The van der Waals surface area contributed by atoms with Crippen molar-refractivity contribution in [2.75, 3.05) is 5.32 Å². The molecule has 0 fully saturated rings. The fourth-order valence-corrected chi connectivity index (χ4v) is 2.98. The molecule has 0 bridgehead atoms. The number of rotatable bonds is 5. The highest BCUT2D eigenvalue weighted by Crippen LogP contribution is 2.25. The second-order valence-electron chi connectivity index (χ2n) is 5.21. The number of aliphatic hydroxyl groups excluding tert-OH is 1. The van der Waals surface area contributed by atoms with Gasteiger partial charge < -0.3 is 10.4 Å². The van der Waals surface area contributed by atoms with Crippen LogP contribution in [-0.2, 0) is 6.42 Å². The van der Waals surface area contributed by atoms with Crippen LogP contribution in [-0.4, -0.2) is 10.7 Å². The quantitative estimate of drug-likeness (QED) is 0.523. The standard InChI is InChI=1S/C17H19ClINO/c1-11-9-13(4-8-17(18)21)3-6-15(11)20-16-7-5-14(19)10-12(16)2/h3,5-7,9-10,17,20-21H,4,8H2,1-2H3. The summed E-state index contributed by atoms with van der Waals surface area (Å²) in [6.45, 7) is 4.20. The van der Waals surface area contributed by atoms with Crippen molar-refractivity contribution in [3.05, 3.63) is 56.7 Å². The Bertz CT molecular complexity index is 628. The highest BCUT2D eigenvalue weighted by atomic mass is 127. The molecule has 0 saturated heterocycles. The number of aliphatic hydroxyl groups is 1. The third-order valence-corrected chi connectivity index (χ3v) is 4.31. The normalized spacial score (nSPS) is 12.2. The lowest BCUT2D eigenvalue weighted by Crippen LogP contribution is -2.00. The van der Waals surface area contributed by atoms with E-state index in [1.165, 1.54) is 20.3 Å². The van der Waals surface area contributed by atoms with Crippen LogP contribution in [0, 0.1) is 17.4 Å². The Balaban J connectivity index is 2.13. The predicted octanol–water partition coefficient (Wildman–Crippen LogP) is 5.14. The van der Waals surface area contributed by atoms with E-state index >= 15 is 0 Å². The lowest BCUT2D eigenvalue weighted by Gasteiger charge is -2.14. The summed E-state index contributed by atoms with van der Waals surface area (Å²) in [6.07, 6.45) is 1.36. The van der Waals surface area contributed by atoms with Gasteiger partial charge in [0.05, 0.1) is 0 Å². The first kappa shape index (κ1) is 16.6. The molecule has 4 heteroatoms. The van der Waals surface area contributed by atoms with Gasteiger partial charge in [0.25, 0.3) is 0 Å². The molecule has 0 heterocycles. The Labute approximate surface area is 144 Å². The van der Waals surface area contributed by atoms with Crippen LogP contribution in [0.2, 0.25) is 0 Å². The minimum atomic E-state index is -0.766. The number of halogens is 2. The molecule has 0 amide bonds. The Hall–Kier alpha value is -0.780. The number of alkyl halides is 1. The Morgan fingerprint density at radius 3 is 2.29 bits per heavy atom. The van der Waals surface area contributed by atoms with Gasteiger partial charge in [-0.2, -0.15) is 0 Å². The molecular formula is C17H19ClINO. The summed E-state index contributed by atoms with van der Waals surface area (Å²) in [6, 6.07) is 12.7. The smallest absolute Gasteiger partial charge is 0.128 e. The average Bonchev–Trinajstić information content (AvgIpc) is 2.42. The van der Waals surface area contributed by atoms with E-state index < -0.39 is 5.56 Å². The lowest BCUT2D eigenvalue weighted by molar-refractivity contribution is 0.246. The first-order chi connectivity index (χ1) is 9.95. The zero-order valence-electron chi connectivity index (χ0n) is 12.2. The summed E-state index contributed by atoms with van der Waals surface area (Å²) in [4.78, 5) is 0. The minimum Gasteiger partial charge on any atom is -0.378 e. The van der Waals surface area contributed by atoms with Crippen LogP contribution in [0.3, 0.4) is 0 Å². The molecular weight excluding hydrogens is 397 g/mol. The van der Waals surface area contributed by atoms with Crippen molar-refractivity contribution in [3.8, 4) is 0 Å². The van der Waals surface area contributed by atoms with Crippen molar-refractivity contribution >= 4 is 45.6 Å². The van der Waals surface area contributed by atoms with Crippen molar-refractivity contribution in [1.82, 2.24) is 0 Å². The van der Waals surface area contributed by atoms with Crippen LogP contribution >= 0.6 is 34.2 Å². The van der Waals surface area contributed by atoms with E-state index in [9.17, 15) is 0 Å². The molecule has 2 N–H and O–H groups in total. The molecule has 2 nitrogen and oxygen atoms in total. The van der Waals surface area contributed by atoms with Gasteiger partial charge in [0.15, 0.2) is 0 Å². The van der Waals surface area contributed by atoms with Gasteiger partial charge in [0.2, 0.25) is 0 Å². The second-order valence-corrected chi connectivity index (χ2v) is 6.96. The molecule has 2 rings (SSSR count). The van der Waals surface area contributed by atoms with Gasteiger partial charge in [-0.25, -0.2) is 0 Å². The molecule has 21 heavy (non-hydrogen) atoms. The maximum Gasteiger partial charge on any atom is 0.128 e. The summed E-state index contributed by atoms with van der Waals surface area (Å²) in [5, 5.41) is 12.6. The lowest BCUT2D eigenvalue weighted by atomic mass is 10.1. The van der Waals surface area contributed by atoms with Gasteiger partial charge in [-0.3, -0.25) is 0 Å². The molecule has 1 unspecified atom stereocenters. The maximum absolute atomic E-state index is 9.14. The summed E-state index contributed by atoms with van der Waals surface area (Å²) in [5.74, 6) is 0. The number of benzene rings is 2. The van der Waals surface area contributed by atoms with E-state index in [0.717, 1.165) is 17.8 Å². The molecule has 2 aromatic carbocycles. The third-order valence-electron chi connectivity index (χ3n) is 3.42. The van der Waals surface area contributed by atoms with Gasteiger partial charge in [0.1, 0.15) is 5.56 Å². The van der Waals surface area contributed by atoms with E-state index in [-0.39, 0.29) is 0 Å². The molecule has 0 saturated carbocycles. The highest BCUT2D eigenvalue weighted by molar-refractivity contribution is 14.1. The van der Waals surface area contributed by atoms with Crippen molar-refractivity contribution in [2.24, 2.45) is 0 Å². The Morgan fingerprint density at radius 1 is 1.10 bits per heavy atom. The average molecular weight is 416 g/mol. The van der Waals surface area contributed by atoms with Crippen molar-refractivity contribution in [2.45, 2.75) is 32.3 Å². The van der Waals surface area contributed by atoms with E-state index in [2.05, 4.69) is 78.2 Å². The molecule has 0 aliphatic carbocycles. The van der Waals surface area contributed by atoms with E-state index in [1.54, 1.807) is 0 Å². The highest BCUT2D eigenvalue weighted by Gasteiger charge is 2.05. The molecule has 2 aromatic rings. The van der Waals surface area contributed by atoms with Crippen molar-refractivity contribution in [1.29, 1.82) is 0 Å². The van der Waals surface area contributed by atoms with Crippen LogP contribution < -0.4 is 5.32 Å². The van der Waals surface area contributed by atoms with Gasteiger partial charge in [-0.1, -0.05) is 23.7 Å². The van der Waals surface area contributed by atoms with Crippen molar-refractivity contribution < 1.29 is 5.11 Å². The first-order valence-corrected chi connectivity index (χ1v) is 8.42. The molecule has 112 valence electrons. The molecule has 1 atom stereocenters. The van der Waals surface area contributed by atoms with E-state index in [0.29, 0.717) is 6.42 Å². The van der Waals surface area contributed by atoms with Gasteiger partial charge in [0, 0.05) is 14.9 Å². The summed E-state index contributed by atoms with van der Waals surface area (Å²) < 4.78 is 1.24. The maximum atomic E-state index is 9.14. The first-order valence-electron chi connectivity index (χ1n) is 6.90. The zero-order valence-corrected chi connectivity index (χ0v) is 15.1. The summed E-state index contributed by atoms with van der Waals surface area (Å²) in [5.41, 5.74) is 5.08. The number of hydrogen-bond donors (Lipinski definition) is 2. The molecule has 0 radical (unpaired) electrons. The van der Waals surface area contributed by atoms with Crippen LogP contribution in [0.15, 0.2) is 36.4 Å². The van der Waals surface area contributed by atoms with Crippen LogP contribution in [0.25, 0.3) is 0 Å². The molecule has 0 aliphatic heterocycles. The summed E-state index contributed by atoms with van der Waals surface area (Å²) in [7, 11) is 0. The van der Waals surface area contributed by atoms with Gasteiger partial charge in [-0.05, 0) is 90.2 Å². The minimum absolute atomic E-state index is 0.573. The van der Waals surface area contributed by atoms with Crippen LogP contribution in [0.4, 0.5) is 11.4 Å². The fourth-order valence-electron chi connectivity index (χ4n) is 2.22. The fraction of sp³-hybridized carbons (Fsp3) is 0.294. The van der Waals surface area contributed by atoms with Crippen LogP contribution in [0.5, 0.6) is 0 Å². The second kappa shape index (κ2) is 7.47. The van der Waals surface area contributed by atoms with Gasteiger partial charge >= 0.3 is 0 Å². The van der Waals surface area contributed by atoms with Gasteiger partial charge in [-0.15, -0.1) is 0 Å². The Kier molecular flexibility index (Phi) is 5.90. The Morgan fingerprint density at radius 2 is 1.71 bits per heavy atom. The predicted molar refractivity (Wildman–Crippen MR) is 98.5 cm³/mol. The molecule has 0 aromatic heterocycles. The zero-order chi connectivity index (χ0) is 15.4. The SMILES string of the molecule is Cc1cc(I)ccc1Nc1ccc(CCC(O)Cl)cc1C. The number of nitrogens with one attached hydrogen (secondary N) is 1. The monoisotopic (exact) mass is 415 g/mol. The van der Waals surface area contributed by atoms with E-state index in [1.807, 2.05) is 0 Å². The number of anilines is 2.